The molecule has 0 unspecified atom stereocenters. The number of hydrogen-bond acceptors (Lipinski definition) is 3. The van der Waals surface area contributed by atoms with E-state index in [1.165, 1.54) is 0 Å². The average molecular weight is 409 g/mol. The number of guanidine groups is 1. The van der Waals surface area contributed by atoms with Crippen molar-refractivity contribution in [2.24, 2.45) is 10.7 Å². The normalized spacial score (nSPS) is 11.6. The van der Waals surface area contributed by atoms with E-state index in [9.17, 15) is 8.42 Å². The molecule has 0 heterocycles. The fourth-order valence-corrected chi connectivity index (χ4v) is 2.51. The van der Waals surface area contributed by atoms with Gasteiger partial charge in [-0.25, -0.2) is 13.4 Å². The third kappa shape index (κ3) is 6.90. The molecule has 0 aliphatic carbocycles. The highest BCUT2D eigenvalue weighted by Gasteiger charge is 2.12. The van der Waals surface area contributed by atoms with E-state index in [1.807, 2.05) is 6.92 Å². The Kier molecular flexibility index (Phi) is 8.47. The minimum atomic E-state index is -3.28. The van der Waals surface area contributed by atoms with Crippen LogP contribution in [0.1, 0.15) is 6.92 Å². The third-order valence-corrected chi connectivity index (χ3v) is 4.03. The first-order chi connectivity index (χ1) is 8.92. The van der Waals surface area contributed by atoms with Crippen LogP contribution in [0.5, 0.6) is 0 Å². The van der Waals surface area contributed by atoms with Gasteiger partial charge in [0, 0.05) is 6.54 Å². The lowest BCUT2D eigenvalue weighted by Gasteiger charge is -2.07. The van der Waals surface area contributed by atoms with Crippen molar-refractivity contribution in [3.63, 3.8) is 0 Å². The molecule has 0 bridgehead atoms. The molecule has 3 N–H and O–H groups in total. The lowest BCUT2D eigenvalue weighted by atomic mass is 10.4. The lowest BCUT2D eigenvalue weighted by Crippen LogP contribution is -2.35. The highest BCUT2D eigenvalue weighted by atomic mass is 127. The predicted octanol–water partition coefficient (Wildman–Crippen LogP) is 1.56. The van der Waals surface area contributed by atoms with E-state index in [0.717, 1.165) is 5.57 Å². The Morgan fingerprint density at radius 1 is 1.35 bits per heavy atom. The molecule has 1 aromatic rings. The summed E-state index contributed by atoms with van der Waals surface area (Å²) in [4.78, 5) is 4.32. The van der Waals surface area contributed by atoms with Crippen molar-refractivity contribution in [1.82, 2.24) is 5.32 Å². The van der Waals surface area contributed by atoms with Crippen LogP contribution in [0.15, 0.2) is 52.4 Å². The summed E-state index contributed by atoms with van der Waals surface area (Å²) in [6, 6.07) is 8.33. The van der Waals surface area contributed by atoms with Gasteiger partial charge in [-0.3, -0.25) is 0 Å². The van der Waals surface area contributed by atoms with Crippen LogP contribution in [0.25, 0.3) is 0 Å². The van der Waals surface area contributed by atoms with Crippen molar-refractivity contribution in [2.45, 2.75) is 11.8 Å². The summed E-state index contributed by atoms with van der Waals surface area (Å²) in [6.45, 7) is 6.20. The summed E-state index contributed by atoms with van der Waals surface area (Å²) in [6.07, 6.45) is 0. The van der Waals surface area contributed by atoms with Crippen molar-refractivity contribution in [1.29, 1.82) is 0 Å². The fraction of sp³-hybridized carbons (Fsp3) is 0.308. The van der Waals surface area contributed by atoms with Crippen molar-refractivity contribution >= 4 is 39.8 Å². The molecule has 0 aromatic heterocycles. The van der Waals surface area contributed by atoms with Gasteiger partial charge in [-0.15, -0.1) is 24.0 Å². The molecule has 0 radical (unpaired) electrons. The van der Waals surface area contributed by atoms with E-state index >= 15 is 0 Å². The van der Waals surface area contributed by atoms with Crippen LogP contribution >= 0.6 is 24.0 Å². The van der Waals surface area contributed by atoms with Gasteiger partial charge in [0.25, 0.3) is 0 Å². The van der Waals surface area contributed by atoms with Gasteiger partial charge in [-0.2, -0.15) is 0 Å². The van der Waals surface area contributed by atoms with Crippen LogP contribution in [0, 0.1) is 0 Å². The molecule has 0 amide bonds. The Labute approximate surface area is 137 Å². The second-order valence-electron chi connectivity index (χ2n) is 4.22. The maximum absolute atomic E-state index is 11.9. The average Bonchev–Trinajstić information content (AvgIpc) is 2.37. The molecule has 7 heteroatoms. The molecule has 0 atom stereocenters. The van der Waals surface area contributed by atoms with Gasteiger partial charge in [0.15, 0.2) is 15.8 Å². The molecule has 0 aliphatic rings. The number of aliphatic imine (C=N–C) groups is 1. The summed E-state index contributed by atoms with van der Waals surface area (Å²) in [5.41, 5.74) is 6.48. The van der Waals surface area contributed by atoms with Crippen molar-refractivity contribution in [3.8, 4) is 0 Å². The topological polar surface area (TPSA) is 84.5 Å². The summed E-state index contributed by atoms with van der Waals surface area (Å²) < 4.78 is 23.9. The predicted molar refractivity (Wildman–Crippen MR) is 93.2 cm³/mol. The zero-order chi connectivity index (χ0) is 14.3. The number of nitrogens with two attached hydrogens (primary N) is 1. The summed E-state index contributed by atoms with van der Waals surface area (Å²) in [7, 11) is -3.28. The first-order valence-corrected chi connectivity index (χ1v) is 7.53. The van der Waals surface area contributed by atoms with Crippen LogP contribution in [-0.2, 0) is 9.84 Å². The first-order valence-electron chi connectivity index (χ1n) is 5.88. The number of sulfone groups is 1. The number of nitrogens with zero attached hydrogens (tertiary/aromatic N) is 1. The zero-order valence-electron chi connectivity index (χ0n) is 11.4. The molecule has 112 valence electrons. The molecule has 5 nitrogen and oxygen atoms in total. The molecular formula is C13H20IN3O2S. The zero-order valence-corrected chi connectivity index (χ0v) is 14.5. The minimum Gasteiger partial charge on any atom is -0.370 e. The van der Waals surface area contributed by atoms with Crippen LogP contribution in [0.2, 0.25) is 0 Å². The van der Waals surface area contributed by atoms with E-state index in [1.54, 1.807) is 30.3 Å². The Morgan fingerprint density at radius 2 is 1.95 bits per heavy atom. The first kappa shape index (κ1) is 18.9. The monoisotopic (exact) mass is 409 g/mol. The molecule has 0 saturated heterocycles. The highest BCUT2D eigenvalue weighted by Crippen LogP contribution is 2.08. The summed E-state index contributed by atoms with van der Waals surface area (Å²) in [5.74, 6) is 0.201. The third-order valence-electron chi connectivity index (χ3n) is 2.30. The lowest BCUT2D eigenvalue weighted by molar-refractivity contribution is 0.595. The van der Waals surface area contributed by atoms with Gasteiger partial charge in [-0.1, -0.05) is 30.4 Å². The van der Waals surface area contributed by atoms with Gasteiger partial charge < -0.3 is 11.1 Å². The molecule has 0 saturated carbocycles. The van der Waals surface area contributed by atoms with Gasteiger partial charge >= 0.3 is 0 Å². The standard InChI is InChI=1S/C13H19N3O2S.HI/c1-11(2)10-16-13(14)15-8-9-19(17,18)12-6-4-3-5-7-12;/h3-7H,1,8-10H2,2H3,(H3,14,15,16);1H. The van der Waals surface area contributed by atoms with Crippen molar-refractivity contribution in [3.05, 3.63) is 42.5 Å². The van der Waals surface area contributed by atoms with E-state index < -0.39 is 9.84 Å². The van der Waals surface area contributed by atoms with Gasteiger partial charge in [-0.05, 0) is 19.1 Å². The van der Waals surface area contributed by atoms with E-state index in [-0.39, 0.29) is 42.2 Å². The molecular weight excluding hydrogens is 389 g/mol. The number of rotatable bonds is 6. The highest BCUT2D eigenvalue weighted by molar-refractivity contribution is 14.0. The molecule has 0 spiro atoms. The number of benzene rings is 1. The molecule has 1 rings (SSSR count). The van der Waals surface area contributed by atoms with Crippen molar-refractivity contribution in [2.75, 3.05) is 18.8 Å². The molecule has 0 aliphatic heterocycles. The summed E-state index contributed by atoms with van der Waals surface area (Å²) >= 11 is 0. The van der Waals surface area contributed by atoms with Crippen molar-refractivity contribution < 1.29 is 8.42 Å². The molecule has 1 aromatic carbocycles. The van der Waals surface area contributed by atoms with Gasteiger partial charge in [0.05, 0.1) is 17.2 Å². The fourth-order valence-electron chi connectivity index (χ4n) is 1.34. The Hall–Kier alpha value is -1.09. The van der Waals surface area contributed by atoms with Gasteiger partial charge in [0.1, 0.15) is 0 Å². The van der Waals surface area contributed by atoms with E-state index in [4.69, 9.17) is 5.73 Å². The number of hydrogen-bond donors (Lipinski definition) is 2. The van der Waals surface area contributed by atoms with Crippen LogP contribution < -0.4 is 11.1 Å². The SMILES string of the molecule is C=C(C)CN=C(N)NCCS(=O)(=O)c1ccccc1.I. The van der Waals surface area contributed by atoms with E-state index in [0.29, 0.717) is 11.4 Å². The Morgan fingerprint density at radius 3 is 2.50 bits per heavy atom. The maximum Gasteiger partial charge on any atom is 0.188 e. The second-order valence-corrected chi connectivity index (χ2v) is 6.33. The number of halogens is 1. The maximum atomic E-state index is 11.9. The van der Waals surface area contributed by atoms with Crippen LogP contribution in [0.3, 0.4) is 0 Å². The molecule has 20 heavy (non-hydrogen) atoms. The quantitative estimate of drug-likeness (QED) is 0.323. The Bertz CT molecular complexity index is 556. The Balaban J connectivity index is 0.00000361. The smallest absolute Gasteiger partial charge is 0.188 e. The largest absolute Gasteiger partial charge is 0.370 e. The van der Waals surface area contributed by atoms with Gasteiger partial charge in [0.2, 0.25) is 0 Å². The van der Waals surface area contributed by atoms with E-state index in [2.05, 4.69) is 16.9 Å². The van der Waals surface area contributed by atoms with Crippen LogP contribution in [-0.4, -0.2) is 33.2 Å². The number of nitrogens with one attached hydrogen (secondary N) is 1. The van der Waals surface area contributed by atoms with Crippen LogP contribution in [0.4, 0.5) is 0 Å². The second kappa shape index (κ2) is 8.96. The minimum absolute atomic E-state index is 0. The molecule has 0 fully saturated rings. The summed E-state index contributed by atoms with van der Waals surface area (Å²) in [5, 5.41) is 2.77.